The Balaban J connectivity index is 1.94. The smallest absolute Gasteiger partial charge is 0.277 e. The van der Waals surface area contributed by atoms with Gasteiger partial charge in [-0.05, 0) is 30.3 Å². The molecular weight excluding hydrogens is 278 g/mol. The summed E-state index contributed by atoms with van der Waals surface area (Å²) in [7, 11) is 0. The third kappa shape index (κ3) is 2.28. The summed E-state index contributed by atoms with van der Waals surface area (Å²) < 4.78 is 0. The van der Waals surface area contributed by atoms with Crippen molar-refractivity contribution in [2.24, 2.45) is 0 Å². The molecule has 0 radical (unpaired) electrons. The van der Waals surface area contributed by atoms with E-state index in [2.05, 4.69) is 20.5 Å². The van der Waals surface area contributed by atoms with E-state index in [1.807, 2.05) is 0 Å². The van der Waals surface area contributed by atoms with E-state index < -0.39 is 0 Å². The van der Waals surface area contributed by atoms with Crippen LogP contribution in [0.2, 0.25) is 5.15 Å². The van der Waals surface area contributed by atoms with Crippen LogP contribution in [-0.4, -0.2) is 21.1 Å². The zero-order chi connectivity index (χ0) is 14.1. The van der Waals surface area contributed by atoms with Gasteiger partial charge in [0.05, 0.1) is 5.52 Å². The van der Waals surface area contributed by atoms with Crippen molar-refractivity contribution in [2.45, 2.75) is 0 Å². The van der Waals surface area contributed by atoms with Gasteiger partial charge in [0.15, 0.2) is 5.69 Å². The Bertz CT molecular complexity index is 798. The first-order valence-electron chi connectivity index (χ1n) is 5.81. The monoisotopic (exact) mass is 287 g/mol. The number of amides is 1. The van der Waals surface area contributed by atoms with Crippen molar-refractivity contribution in [3.05, 3.63) is 47.2 Å². The first-order chi connectivity index (χ1) is 9.63. The highest BCUT2D eigenvalue weighted by Gasteiger charge is 2.15. The summed E-state index contributed by atoms with van der Waals surface area (Å²) in [6.45, 7) is 0. The fourth-order valence-corrected chi connectivity index (χ4v) is 2.02. The van der Waals surface area contributed by atoms with Crippen molar-refractivity contribution in [3.63, 3.8) is 0 Å². The molecule has 20 heavy (non-hydrogen) atoms. The maximum absolute atomic E-state index is 12.2. The number of nitrogen functional groups attached to an aromatic ring is 1. The predicted molar refractivity (Wildman–Crippen MR) is 77.7 cm³/mol. The van der Waals surface area contributed by atoms with E-state index >= 15 is 0 Å². The molecule has 6 nitrogen and oxygen atoms in total. The third-order valence-electron chi connectivity index (χ3n) is 2.76. The summed E-state index contributed by atoms with van der Waals surface area (Å²) >= 11 is 5.77. The molecule has 0 atom stereocenters. The number of fused-ring (bicyclic) bond motifs is 1. The molecule has 2 heterocycles. The number of carbonyl (C=O) groups is 1. The second-order valence-corrected chi connectivity index (χ2v) is 4.56. The number of aromatic nitrogens is 3. The molecule has 0 aliphatic heterocycles. The summed E-state index contributed by atoms with van der Waals surface area (Å²) in [5, 5.41) is 10.4. The minimum Gasteiger partial charge on any atom is -0.399 e. The molecule has 0 aliphatic rings. The zero-order valence-corrected chi connectivity index (χ0v) is 11.0. The van der Waals surface area contributed by atoms with Crippen LogP contribution in [0.5, 0.6) is 0 Å². The van der Waals surface area contributed by atoms with E-state index in [1.54, 1.807) is 36.4 Å². The Morgan fingerprint density at radius 3 is 2.95 bits per heavy atom. The van der Waals surface area contributed by atoms with E-state index in [-0.39, 0.29) is 11.6 Å². The molecule has 0 bridgehead atoms. The number of carbonyl (C=O) groups excluding carboxylic acids is 1. The number of anilines is 2. The lowest BCUT2D eigenvalue weighted by atomic mass is 10.2. The number of nitrogens with zero attached hydrogens (tertiary/aromatic N) is 2. The average Bonchev–Trinajstić information content (AvgIpc) is 2.81. The molecule has 2 aromatic heterocycles. The van der Waals surface area contributed by atoms with Gasteiger partial charge in [0.2, 0.25) is 0 Å². The summed E-state index contributed by atoms with van der Waals surface area (Å²) in [4.78, 5) is 16.2. The largest absolute Gasteiger partial charge is 0.399 e. The molecule has 0 fully saturated rings. The Morgan fingerprint density at radius 1 is 1.30 bits per heavy atom. The van der Waals surface area contributed by atoms with Gasteiger partial charge >= 0.3 is 0 Å². The fraction of sp³-hybridized carbons (Fsp3) is 0. The number of hydrogen-bond acceptors (Lipinski definition) is 4. The van der Waals surface area contributed by atoms with Crippen LogP contribution in [0.1, 0.15) is 10.5 Å². The van der Waals surface area contributed by atoms with Crippen LogP contribution in [0.3, 0.4) is 0 Å². The molecule has 3 aromatic rings. The molecule has 0 saturated carbocycles. The molecular formula is C13H10ClN5O. The number of benzene rings is 1. The number of aromatic amines is 1. The fourth-order valence-electron chi connectivity index (χ4n) is 1.86. The van der Waals surface area contributed by atoms with Gasteiger partial charge in [0, 0.05) is 11.1 Å². The van der Waals surface area contributed by atoms with E-state index in [0.29, 0.717) is 22.0 Å². The number of halogens is 1. The number of nitrogens with one attached hydrogen (secondary N) is 2. The van der Waals surface area contributed by atoms with Gasteiger partial charge in [0.25, 0.3) is 5.91 Å². The lowest BCUT2D eigenvalue weighted by Gasteiger charge is -2.02. The van der Waals surface area contributed by atoms with Gasteiger partial charge in [-0.15, -0.1) is 0 Å². The van der Waals surface area contributed by atoms with E-state index in [4.69, 9.17) is 17.3 Å². The molecule has 100 valence electrons. The van der Waals surface area contributed by atoms with Crippen molar-refractivity contribution < 1.29 is 4.79 Å². The molecule has 0 aliphatic carbocycles. The van der Waals surface area contributed by atoms with Gasteiger partial charge in [0.1, 0.15) is 11.0 Å². The Morgan fingerprint density at radius 2 is 2.15 bits per heavy atom. The van der Waals surface area contributed by atoms with Crippen molar-refractivity contribution in [2.75, 3.05) is 11.1 Å². The van der Waals surface area contributed by atoms with Crippen LogP contribution in [-0.2, 0) is 0 Å². The van der Waals surface area contributed by atoms with E-state index in [0.717, 1.165) is 5.52 Å². The average molecular weight is 288 g/mol. The van der Waals surface area contributed by atoms with Crippen LogP contribution < -0.4 is 11.1 Å². The van der Waals surface area contributed by atoms with Crippen molar-refractivity contribution >= 4 is 39.9 Å². The van der Waals surface area contributed by atoms with Crippen LogP contribution in [0.25, 0.3) is 10.9 Å². The molecule has 0 unspecified atom stereocenters. The number of rotatable bonds is 2. The summed E-state index contributed by atoms with van der Waals surface area (Å²) in [5.74, 6) is -0.0147. The molecule has 0 saturated heterocycles. The van der Waals surface area contributed by atoms with Crippen molar-refractivity contribution in [1.82, 2.24) is 15.2 Å². The number of nitrogens with two attached hydrogens (primary N) is 1. The van der Waals surface area contributed by atoms with Crippen LogP contribution in [0.15, 0.2) is 36.4 Å². The van der Waals surface area contributed by atoms with E-state index in [1.165, 1.54) is 0 Å². The topological polar surface area (TPSA) is 96.7 Å². The summed E-state index contributed by atoms with van der Waals surface area (Å²) in [6.07, 6.45) is 0. The highest BCUT2D eigenvalue weighted by atomic mass is 35.5. The van der Waals surface area contributed by atoms with E-state index in [9.17, 15) is 4.79 Å². The van der Waals surface area contributed by atoms with Crippen LogP contribution in [0.4, 0.5) is 11.5 Å². The van der Waals surface area contributed by atoms with Crippen molar-refractivity contribution in [1.29, 1.82) is 0 Å². The SMILES string of the molecule is Nc1ccc2[nH]nc(C(=O)Nc3cccc(Cl)n3)c2c1. The summed E-state index contributed by atoms with van der Waals surface area (Å²) in [5.41, 5.74) is 7.28. The normalized spacial score (nSPS) is 10.7. The Kier molecular flexibility index (Phi) is 3.00. The number of hydrogen-bond donors (Lipinski definition) is 3. The highest BCUT2D eigenvalue weighted by Crippen LogP contribution is 2.20. The van der Waals surface area contributed by atoms with Gasteiger partial charge < -0.3 is 11.1 Å². The Hall–Kier alpha value is -2.60. The first-order valence-corrected chi connectivity index (χ1v) is 6.19. The highest BCUT2D eigenvalue weighted by molar-refractivity contribution is 6.29. The van der Waals surface area contributed by atoms with Gasteiger partial charge in [-0.25, -0.2) is 4.98 Å². The quantitative estimate of drug-likeness (QED) is 0.498. The number of H-pyrrole nitrogens is 1. The van der Waals surface area contributed by atoms with Crippen molar-refractivity contribution in [3.8, 4) is 0 Å². The molecule has 0 spiro atoms. The summed E-state index contributed by atoms with van der Waals surface area (Å²) in [6, 6.07) is 10.2. The lowest BCUT2D eigenvalue weighted by molar-refractivity contribution is 0.102. The molecule has 4 N–H and O–H groups in total. The lowest BCUT2D eigenvalue weighted by Crippen LogP contribution is -2.13. The molecule has 7 heteroatoms. The van der Waals surface area contributed by atoms with Gasteiger partial charge in [-0.3, -0.25) is 9.89 Å². The molecule has 1 amide bonds. The Labute approximate surface area is 119 Å². The predicted octanol–water partition coefficient (Wildman–Crippen LogP) is 2.45. The molecule has 1 aromatic carbocycles. The van der Waals surface area contributed by atoms with Gasteiger partial charge in [-0.1, -0.05) is 17.7 Å². The standard InChI is InChI=1S/C13H10ClN5O/c14-10-2-1-3-11(16-10)17-13(20)12-8-6-7(15)4-5-9(8)18-19-12/h1-6H,15H2,(H,18,19)(H,16,17,20). The second-order valence-electron chi connectivity index (χ2n) is 4.18. The third-order valence-corrected chi connectivity index (χ3v) is 2.97. The zero-order valence-electron chi connectivity index (χ0n) is 10.2. The maximum Gasteiger partial charge on any atom is 0.277 e. The van der Waals surface area contributed by atoms with Crippen LogP contribution in [0, 0.1) is 0 Å². The minimum absolute atomic E-state index is 0.258. The second kappa shape index (κ2) is 4.82. The maximum atomic E-state index is 12.2. The minimum atomic E-state index is -0.378. The first kappa shape index (κ1) is 12.4. The number of pyridine rings is 1. The van der Waals surface area contributed by atoms with Gasteiger partial charge in [-0.2, -0.15) is 5.10 Å². The van der Waals surface area contributed by atoms with Crippen LogP contribution >= 0.6 is 11.6 Å². The molecule has 3 rings (SSSR count).